The maximum absolute atomic E-state index is 13.8. The molecule has 4 aliphatic rings. The van der Waals surface area contributed by atoms with Crippen molar-refractivity contribution in [3.8, 4) is 0 Å². The van der Waals surface area contributed by atoms with Crippen molar-refractivity contribution >= 4 is 10.0 Å². The average molecular weight is 461 g/mol. The van der Waals surface area contributed by atoms with Gasteiger partial charge in [-0.25, -0.2) is 8.42 Å². The molecule has 0 N–H and O–H groups in total. The van der Waals surface area contributed by atoms with Crippen LogP contribution in [-0.4, -0.2) is 72.8 Å². The number of halogens is 2. The van der Waals surface area contributed by atoms with Gasteiger partial charge in [-0.3, -0.25) is 9.58 Å². The highest BCUT2D eigenvalue weighted by molar-refractivity contribution is 7.89. The van der Waals surface area contributed by atoms with E-state index in [1.165, 1.54) is 8.99 Å². The molecule has 1 saturated carbocycles. The predicted octanol–water partition coefficient (Wildman–Crippen LogP) is 2.92. The Labute approximate surface area is 183 Å². The topological polar surface area (TPSA) is 67.7 Å². The number of likely N-dealkylation sites (tertiary alicyclic amines) is 1. The lowest BCUT2D eigenvalue weighted by Crippen LogP contribution is -2.74. The van der Waals surface area contributed by atoms with Crippen LogP contribution in [0, 0.1) is 11.3 Å². The van der Waals surface area contributed by atoms with E-state index in [9.17, 15) is 17.2 Å². The largest absolute Gasteiger partial charge is 0.381 e. The van der Waals surface area contributed by atoms with Gasteiger partial charge < -0.3 is 4.74 Å². The van der Waals surface area contributed by atoms with Crippen molar-refractivity contribution < 1.29 is 21.9 Å². The minimum Gasteiger partial charge on any atom is -0.381 e. The van der Waals surface area contributed by atoms with E-state index in [0.29, 0.717) is 31.6 Å². The minimum absolute atomic E-state index is 0.0181. The summed E-state index contributed by atoms with van der Waals surface area (Å²) in [5.41, 5.74) is -0.453. The molecule has 3 aliphatic heterocycles. The van der Waals surface area contributed by atoms with Crippen LogP contribution in [0.15, 0.2) is 11.1 Å². The zero-order valence-electron chi connectivity index (χ0n) is 18.7. The number of sulfonamides is 1. The SMILES string of the molecule is CC.CC(F)(F)c1cc(S(=O)(=O)N2CC3(CN(C4CCOCC4)C3)C2)n(CC2CC2)n1. The maximum atomic E-state index is 13.8. The molecule has 1 spiro atoms. The Kier molecular flexibility index (Phi) is 6.22. The van der Waals surface area contributed by atoms with Gasteiger partial charge in [-0.15, -0.1) is 0 Å². The number of hydrogen-bond donors (Lipinski definition) is 0. The zero-order chi connectivity index (χ0) is 22.4. The molecule has 0 radical (unpaired) electrons. The molecule has 3 saturated heterocycles. The number of rotatable bonds is 6. The van der Waals surface area contributed by atoms with E-state index in [1.54, 1.807) is 0 Å². The maximum Gasteiger partial charge on any atom is 0.288 e. The molecule has 7 nitrogen and oxygen atoms in total. The Hall–Kier alpha value is -1.10. The van der Waals surface area contributed by atoms with Crippen molar-refractivity contribution in [2.24, 2.45) is 11.3 Å². The van der Waals surface area contributed by atoms with Crippen LogP contribution in [0.3, 0.4) is 0 Å². The third kappa shape index (κ3) is 4.54. The van der Waals surface area contributed by atoms with Gasteiger partial charge in [0.25, 0.3) is 15.9 Å². The molecule has 4 heterocycles. The van der Waals surface area contributed by atoms with Crippen molar-refractivity contribution in [3.05, 3.63) is 11.8 Å². The fraction of sp³-hybridized carbons (Fsp3) is 0.857. The molecule has 5 rings (SSSR count). The first-order chi connectivity index (χ1) is 14.7. The van der Waals surface area contributed by atoms with Gasteiger partial charge in [0.05, 0.1) is 0 Å². The van der Waals surface area contributed by atoms with E-state index in [2.05, 4.69) is 10.00 Å². The van der Waals surface area contributed by atoms with Gasteiger partial charge in [0.15, 0.2) is 5.03 Å². The molecule has 0 amide bonds. The molecule has 1 aromatic rings. The average Bonchev–Trinajstić information content (AvgIpc) is 3.36. The van der Waals surface area contributed by atoms with Crippen molar-refractivity contribution in [1.82, 2.24) is 19.0 Å². The van der Waals surface area contributed by atoms with Crippen molar-refractivity contribution in [3.63, 3.8) is 0 Å². The quantitative estimate of drug-likeness (QED) is 0.653. The van der Waals surface area contributed by atoms with Crippen LogP contribution in [-0.2, 0) is 27.2 Å². The summed E-state index contributed by atoms with van der Waals surface area (Å²) < 4.78 is 62.1. The molecular formula is C21H34F2N4O3S. The molecule has 0 unspecified atom stereocenters. The van der Waals surface area contributed by atoms with Crippen LogP contribution in [0.5, 0.6) is 0 Å². The molecule has 0 bridgehead atoms. The molecule has 1 aromatic heterocycles. The smallest absolute Gasteiger partial charge is 0.288 e. The van der Waals surface area contributed by atoms with Crippen molar-refractivity contribution in [1.29, 1.82) is 0 Å². The van der Waals surface area contributed by atoms with Gasteiger partial charge in [-0.05, 0) is 31.6 Å². The highest BCUT2D eigenvalue weighted by Gasteiger charge is 2.56. The highest BCUT2D eigenvalue weighted by Crippen LogP contribution is 2.44. The van der Waals surface area contributed by atoms with Gasteiger partial charge >= 0.3 is 0 Å². The fourth-order valence-corrected chi connectivity index (χ4v) is 6.62. The van der Waals surface area contributed by atoms with Gasteiger partial charge in [0.2, 0.25) is 0 Å². The molecule has 0 aromatic carbocycles. The van der Waals surface area contributed by atoms with E-state index in [0.717, 1.165) is 65.0 Å². The Morgan fingerprint density at radius 2 is 1.74 bits per heavy atom. The number of aromatic nitrogens is 2. The Morgan fingerprint density at radius 1 is 1.13 bits per heavy atom. The summed E-state index contributed by atoms with van der Waals surface area (Å²) in [5, 5.41) is 3.87. The highest BCUT2D eigenvalue weighted by atomic mass is 32.2. The summed E-state index contributed by atoms with van der Waals surface area (Å²) in [4.78, 5) is 2.43. The predicted molar refractivity (Wildman–Crippen MR) is 112 cm³/mol. The summed E-state index contributed by atoms with van der Waals surface area (Å²) in [7, 11) is -3.82. The van der Waals surface area contributed by atoms with Gasteiger partial charge in [-0.2, -0.15) is 18.2 Å². The summed E-state index contributed by atoms with van der Waals surface area (Å²) >= 11 is 0. The van der Waals surface area contributed by atoms with E-state index in [4.69, 9.17) is 4.74 Å². The summed E-state index contributed by atoms with van der Waals surface area (Å²) in [6.45, 7) is 9.47. The third-order valence-electron chi connectivity index (χ3n) is 6.73. The molecular weight excluding hydrogens is 426 g/mol. The second-order valence-electron chi connectivity index (χ2n) is 9.40. The van der Waals surface area contributed by atoms with Crippen LogP contribution in [0.1, 0.15) is 52.1 Å². The molecule has 4 fully saturated rings. The van der Waals surface area contributed by atoms with Crippen molar-refractivity contribution in [2.45, 2.75) is 70.0 Å². The van der Waals surface area contributed by atoms with E-state index >= 15 is 0 Å². The normalized spacial score (nSPS) is 24.9. The fourth-order valence-electron chi connectivity index (χ4n) is 4.83. The second kappa shape index (κ2) is 8.35. The lowest BCUT2D eigenvalue weighted by atomic mass is 9.73. The molecule has 0 atom stereocenters. The minimum atomic E-state index is -3.82. The number of alkyl halides is 2. The van der Waals surface area contributed by atoms with E-state index in [-0.39, 0.29) is 10.4 Å². The lowest BCUT2D eigenvalue weighted by Gasteiger charge is -2.61. The standard InChI is InChI=1S/C19H28F2N4O3S.C2H6/c1-18(20,21)16-8-17(25(22-16)9-14-2-3-14)29(26,27)24-12-19(13-24)10-23(11-19)15-4-6-28-7-5-15;1-2/h8,14-15H,2-7,9-13H2,1H3;1-2H3. The summed E-state index contributed by atoms with van der Waals surface area (Å²) in [5.74, 6) is -2.82. The van der Waals surface area contributed by atoms with Gasteiger partial charge in [0.1, 0.15) is 5.69 Å². The second-order valence-corrected chi connectivity index (χ2v) is 11.3. The first-order valence-corrected chi connectivity index (χ1v) is 12.9. The molecule has 10 heteroatoms. The number of ether oxygens (including phenoxy) is 1. The zero-order valence-corrected chi connectivity index (χ0v) is 19.5. The van der Waals surface area contributed by atoms with Crippen LogP contribution in [0.4, 0.5) is 8.78 Å². The van der Waals surface area contributed by atoms with Gasteiger partial charge in [-0.1, -0.05) is 13.8 Å². The van der Waals surface area contributed by atoms with Gasteiger partial charge in [0, 0.05) is 70.4 Å². The molecule has 31 heavy (non-hydrogen) atoms. The lowest BCUT2D eigenvalue weighted by molar-refractivity contribution is -0.116. The van der Waals surface area contributed by atoms with Crippen molar-refractivity contribution in [2.75, 3.05) is 39.4 Å². The summed E-state index contributed by atoms with van der Waals surface area (Å²) in [6, 6.07) is 1.60. The molecule has 176 valence electrons. The number of hydrogen-bond acceptors (Lipinski definition) is 5. The number of nitrogens with zero attached hydrogens (tertiary/aromatic N) is 4. The first kappa shape index (κ1) is 23.1. The van der Waals surface area contributed by atoms with E-state index in [1.807, 2.05) is 13.8 Å². The van der Waals surface area contributed by atoms with E-state index < -0.39 is 21.6 Å². The Morgan fingerprint density at radius 3 is 2.29 bits per heavy atom. The van der Waals surface area contributed by atoms with Crippen LogP contribution >= 0.6 is 0 Å². The van der Waals surface area contributed by atoms with Crippen LogP contribution in [0.25, 0.3) is 0 Å². The third-order valence-corrected chi connectivity index (χ3v) is 8.53. The van der Waals surface area contributed by atoms with Crippen LogP contribution in [0.2, 0.25) is 0 Å². The first-order valence-electron chi connectivity index (χ1n) is 11.4. The Balaban J connectivity index is 0.00000112. The molecule has 1 aliphatic carbocycles. The Bertz CT molecular complexity index is 875. The summed E-state index contributed by atoms with van der Waals surface area (Å²) in [6.07, 6.45) is 4.05. The van der Waals surface area contributed by atoms with Crippen LogP contribution < -0.4 is 0 Å². The monoisotopic (exact) mass is 460 g/mol.